The van der Waals surface area contributed by atoms with Gasteiger partial charge in [0.25, 0.3) is 0 Å². The summed E-state index contributed by atoms with van der Waals surface area (Å²) in [7, 11) is 0. The van der Waals surface area contributed by atoms with E-state index in [-0.39, 0.29) is 56.7 Å². The number of amides is 4. The van der Waals surface area contributed by atoms with Crippen molar-refractivity contribution in [2.75, 3.05) is 19.6 Å². The molecule has 0 rings (SSSR count). The number of carbonyl (C=O) groups is 6. The number of hydrogen-bond acceptors (Lipinski definition) is 8. The molecule has 0 heterocycles. The van der Waals surface area contributed by atoms with E-state index in [0.717, 1.165) is 19.3 Å². The lowest BCUT2D eigenvalue weighted by Gasteiger charge is -2.22. The van der Waals surface area contributed by atoms with E-state index in [1.807, 2.05) is 0 Å². The number of halogens is 6. The number of alkyl halides is 6. The van der Waals surface area contributed by atoms with Crippen molar-refractivity contribution in [2.45, 2.75) is 179 Å². The van der Waals surface area contributed by atoms with E-state index in [1.165, 1.54) is 89.9 Å². The lowest BCUT2D eigenvalue weighted by Crippen LogP contribution is -2.53. The van der Waals surface area contributed by atoms with E-state index in [4.69, 9.17) is 48.5 Å². The highest BCUT2D eigenvalue weighted by Crippen LogP contribution is 2.15. The second-order valence-electron chi connectivity index (χ2n) is 14.6. The predicted octanol–water partition coefficient (Wildman–Crippen LogP) is 4.36. The molecule has 0 aromatic rings. The lowest BCUT2D eigenvalue weighted by molar-refractivity contribution is -0.193. The van der Waals surface area contributed by atoms with Gasteiger partial charge in [-0.1, -0.05) is 110 Å². The topological polar surface area (TPSA) is 334 Å². The number of unbranched alkanes of at least 4 members (excludes halogenated alkanes) is 16. The van der Waals surface area contributed by atoms with Crippen molar-refractivity contribution in [1.29, 1.82) is 0 Å². The van der Waals surface area contributed by atoms with Crippen LogP contribution in [-0.2, 0) is 28.8 Å². The van der Waals surface area contributed by atoms with E-state index >= 15 is 0 Å². The van der Waals surface area contributed by atoms with Crippen molar-refractivity contribution >= 4 is 47.5 Å². The molecule has 0 aliphatic rings. The first kappa shape index (κ1) is 62.2. The van der Waals surface area contributed by atoms with Crippen LogP contribution in [0.2, 0.25) is 0 Å². The van der Waals surface area contributed by atoms with Gasteiger partial charge in [-0.2, -0.15) is 26.3 Å². The zero-order valence-electron chi connectivity index (χ0n) is 36.4. The van der Waals surface area contributed by atoms with Crippen LogP contribution in [0.15, 0.2) is 9.98 Å². The molecule has 0 spiro atoms. The van der Waals surface area contributed by atoms with Gasteiger partial charge in [0.05, 0.1) is 0 Å². The summed E-state index contributed by atoms with van der Waals surface area (Å²) in [5.74, 6) is -7.45. The molecule has 24 heteroatoms. The molecular formula is C39H72F6N10O8. The van der Waals surface area contributed by atoms with Crippen LogP contribution in [-0.4, -0.2) is 102 Å². The van der Waals surface area contributed by atoms with Crippen molar-refractivity contribution in [1.82, 2.24) is 16.0 Å². The third-order valence-corrected chi connectivity index (χ3v) is 8.87. The lowest BCUT2D eigenvalue weighted by atomic mass is 10.0. The smallest absolute Gasteiger partial charge is 0.475 e. The highest BCUT2D eigenvalue weighted by atomic mass is 19.4. The molecule has 63 heavy (non-hydrogen) atoms. The number of nitrogens with zero attached hydrogens (tertiary/aromatic N) is 2. The maximum absolute atomic E-state index is 13.0. The standard InChI is InChI=1S/C35H70N10O4.2C2HF3O2/c1-2-3-4-5-6-7-8-9-10-11-12-13-14-15-16-17-18-23-30(46)41-27-24-31(47)44-29(22-20-26-43-35(39)40)33(49)45-28(32(36)48)21-19-25-42-34(37)38;2*3-2(4,5)1(6)7/h28-29H,2-27H2,1H3,(H2,36,48)(H,41,46)(H,44,47)(H,45,49)(H4,37,38,42)(H4,39,40,43);2*(H,6,7)/t28-,29-;;/m0../s1. The number of nitrogens with two attached hydrogens (primary N) is 5. The van der Waals surface area contributed by atoms with Crippen LogP contribution < -0.4 is 44.6 Å². The Labute approximate surface area is 365 Å². The van der Waals surface area contributed by atoms with Crippen LogP contribution in [0.4, 0.5) is 26.3 Å². The Morgan fingerprint density at radius 1 is 0.508 bits per heavy atom. The van der Waals surface area contributed by atoms with E-state index in [2.05, 4.69) is 32.9 Å². The number of hydrogen-bond donors (Lipinski definition) is 10. The SMILES string of the molecule is CCCCCCCCCCCCCCCCCCCC(=O)NCCC(=O)N[C@@H](CCCN=C(N)N)C(=O)N[C@@H](CCCN=C(N)N)C(N)=O.O=C(O)C(F)(F)F.O=C(O)C(F)(F)F. The quantitative estimate of drug-likeness (QED) is 0.0190. The molecule has 0 unspecified atom stereocenters. The Balaban J connectivity index is -0.00000219. The molecule has 0 aromatic carbocycles. The van der Waals surface area contributed by atoms with Gasteiger partial charge in [0, 0.05) is 32.5 Å². The first-order valence-corrected chi connectivity index (χ1v) is 21.3. The zero-order valence-corrected chi connectivity index (χ0v) is 36.4. The van der Waals surface area contributed by atoms with Gasteiger partial charge >= 0.3 is 24.3 Å². The summed E-state index contributed by atoms with van der Waals surface area (Å²) in [6, 6.07) is -1.92. The fourth-order valence-electron chi connectivity index (χ4n) is 5.51. The number of carboxylic acid groups (broad SMARTS) is 2. The molecule has 15 N–H and O–H groups in total. The van der Waals surface area contributed by atoms with Crippen LogP contribution in [0.5, 0.6) is 0 Å². The molecule has 0 aromatic heterocycles. The number of primary amides is 1. The van der Waals surface area contributed by atoms with Gasteiger partial charge in [-0.15, -0.1) is 0 Å². The summed E-state index contributed by atoms with van der Waals surface area (Å²) >= 11 is 0. The first-order valence-electron chi connectivity index (χ1n) is 21.3. The number of carbonyl (C=O) groups excluding carboxylic acids is 4. The van der Waals surface area contributed by atoms with Crippen LogP contribution in [0.1, 0.15) is 155 Å². The van der Waals surface area contributed by atoms with E-state index in [0.29, 0.717) is 19.3 Å². The van der Waals surface area contributed by atoms with E-state index in [1.54, 1.807) is 0 Å². The Morgan fingerprint density at radius 3 is 1.19 bits per heavy atom. The molecule has 368 valence electrons. The molecule has 18 nitrogen and oxygen atoms in total. The molecular weight excluding hydrogens is 850 g/mol. The second-order valence-corrected chi connectivity index (χ2v) is 14.6. The fraction of sp³-hybridized carbons (Fsp3) is 0.795. The summed E-state index contributed by atoms with van der Waals surface area (Å²) in [6.45, 7) is 2.94. The number of nitrogens with one attached hydrogen (secondary N) is 3. The Bertz CT molecular complexity index is 1320. The molecule has 0 aliphatic heterocycles. The maximum Gasteiger partial charge on any atom is 0.490 e. The molecule has 0 fully saturated rings. The van der Waals surface area contributed by atoms with Crippen molar-refractivity contribution in [3.63, 3.8) is 0 Å². The average molecular weight is 923 g/mol. The van der Waals surface area contributed by atoms with Gasteiger partial charge in [-0.25, -0.2) is 9.59 Å². The highest BCUT2D eigenvalue weighted by Gasteiger charge is 2.39. The Morgan fingerprint density at radius 2 is 0.857 bits per heavy atom. The van der Waals surface area contributed by atoms with E-state index < -0.39 is 54.1 Å². The third-order valence-electron chi connectivity index (χ3n) is 8.87. The number of rotatable bonds is 33. The summed E-state index contributed by atoms with van der Waals surface area (Å²) in [4.78, 5) is 75.4. The minimum atomic E-state index is -5.08. The summed E-state index contributed by atoms with van der Waals surface area (Å²) < 4.78 is 63.5. The van der Waals surface area contributed by atoms with Gasteiger partial charge in [0.1, 0.15) is 12.1 Å². The van der Waals surface area contributed by atoms with E-state index in [9.17, 15) is 45.5 Å². The number of guanidine groups is 2. The molecule has 0 saturated heterocycles. The van der Waals surface area contributed by atoms with Gasteiger partial charge in [0.15, 0.2) is 11.9 Å². The Kier molecular flexibility index (Phi) is 38.1. The van der Waals surface area contributed by atoms with Crippen molar-refractivity contribution < 1.29 is 65.3 Å². The average Bonchev–Trinajstić information content (AvgIpc) is 3.17. The van der Waals surface area contributed by atoms with Crippen molar-refractivity contribution in [3.05, 3.63) is 0 Å². The first-order chi connectivity index (χ1) is 29.4. The molecule has 0 saturated carbocycles. The summed E-state index contributed by atoms with van der Waals surface area (Å²) in [5.41, 5.74) is 26.8. The van der Waals surface area contributed by atoms with Gasteiger partial charge in [-0.3, -0.25) is 29.2 Å². The normalized spacial score (nSPS) is 11.9. The predicted molar refractivity (Wildman–Crippen MR) is 227 cm³/mol. The number of aliphatic imine (C=N–C) groups is 2. The summed E-state index contributed by atoms with van der Waals surface area (Å²) in [5, 5.41) is 22.3. The fourth-order valence-corrected chi connectivity index (χ4v) is 5.51. The molecule has 4 amide bonds. The minimum absolute atomic E-state index is 0.000229. The monoisotopic (exact) mass is 923 g/mol. The van der Waals surface area contributed by atoms with Crippen LogP contribution in [0.3, 0.4) is 0 Å². The molecule has 0 radical (unpaired) electrons. The third kappa shape index (κ3) is 44.8. The van der Waals surface area contributed by atoms with Gasteiger partial charge in [0.2, 0.25) is 23.6 Å². The van der Waals surface area contributed by atoms with Crippen LogP contribution >= 0.6 is 0 Å². The van der Waals surface area contributed by atoms with Gasteiger partial charge < -0.3 is 54.8 Å². The minimum Gasteiger partial charge on any atom is -0.475 e. The number of aliphatic carboxylic acids is 2. The van der Waals surface area contributed by atoms with Crippen LogP contribution in [0, 0.1) is 0 Å². The second kappa shape index (κ2) is 38.6. The van der Waals surface area contributed by atoms with Crippen LogP contribution in [0.25, 0.3) is 0 Å². The van der Waals surface area contributed by atoms with Crippen molar-refractivity contribution in [3.8, 4) is 0 Å². The Hall–Kier alpha value is -5.06. The molecule has 0 aliphatic carbocycles. The van der Waals surface area contributed by atoms with Crippen molar-refractivity contribution in [2.24, 2.45) is 38.7 Å². The zero-order chi connectivity index (χ0) is 48.7. The maximum atomic E-state index is 13.0. The highest BCUT2D eigenvalue weighted by molar-refractivity contribution is 5.91. The largest absolute Gasteiger partial charge is 0.490 e. The molecule has 2 atom stereocenters. The molecule has 0 bridgehead atoms. The number of carboxylic acids is 2. The van der Waals surface area contributed by atoms with Gasteiger partial charge in [-0.05, 0) is 32.1 Å². The summed E-state index contributed by atoms with van der Waals surface area (Å²) in [6.07, 6.45) is 13.3.